The fraction of sp³-hybridized carbons (Fsp3) is 0.417. The number of carbonyl (C=O) groups excluding carboxylic acids is 1. The monoisotopic (exact) mass is 320 g/mol. The van der Waals surface area contributed by atoms with Crippen LogP contribution in [-0.4, -0.2) is 19.7 Å². The lowest BCUT2D eigenvalue weighted by Gasteiger charge is -2.10. The Balaban J connectivity index is 2.82. The average Bonchev–Trinajstić information content (AvgIpc) is 2.24. The van der Waals surface area contributed by atoms with Gasteiger partial charge in [0.2, 0.25) is 0 Å². The molecule has 5 heteroatoms. The Morgan fingerprint density at radius 1 is 1.47 bits per heavy atom. The van der Waals surface area contributed by atoms with Crippen molar-refractivity contribution in [3.8, 4) is 5.75 Å². The van der Waals surface area contributed by atoms with Crippen LogP contribution in [0.15, 0.2) is 16.6 Å². The number of methoxy groups -OCH3 is 1. The van der Waals surface area contributed by atoms with Gasteiger partial charge in [0, 0.05) is 23.0 Å². The highest BCUT2D eigenvalue weighted by Crippen LogP contribution is 2.31. The van der Waals surface area contributed by atoms with Crippen molar-refractivity contribution in [1.82, 2.24) is 0 Å². The van der Waals surface area contributed by atoms with Crippen molar-refractivity contribution in [1.29, 1.82) is 0 Å². The van der Waals surface area contributed by atoms with Gasteiger partial charge in [0.25, 0.3) is 0 Å². The number of benzene rings is 1. The maximum absolute atomic E-state index is 10.9. The smallest absolute Gasteiger partial charge is 0.188 e. The average molecular weight is 322 g/mol. The van der Waals surface area contributed by atoms with Crippen LogP contribution >= 0.6 is 27.5 Å². The van der Waals surface area contributed by atoms with E-state index in [0.29, 0.717) is 23.6 Å². The first-order chi connectivity index (χ1) is 8.04. The van der Waals surface area contributed by atoms with Gasteiger partial charge in [-0.3, -0.25) is 0 Å². The van der Waals surface area contributed by atoms with Crippen LogP contribution in [0.3, 0.4) is 0 Å². The summed E-state index contributed by atoms with van der Waals surface area (Å²) in [6.45, 7) is 1.74. The molecule has 94 valence electrons. The molecular weight excluding hydrogens is 307 g/mol. The summed E-state index contributed by atoms with van der Waals surface area (Å²) in [5, 5.41) is 0.590. The SMILES string of the molecule is COCOc1cc(Cl)c(CCC(C)=O)c(Br)c1. The van der Waals surface area contributed by atoms with E-state index in [1.165, 1.54) is 0 Å². The molecule has 0 amide bonds. The summed E-state index contributed by atoms with van der Waals surface area (Å²) in [5.41, 5.74) is 0.923. The van der Waals surface area contributed by atoms with Gasteiger partial charge in [0.15, 0.2) is 6.79 Å². The summed E-state index contributed by atoms with van der Waals surface area (Å²) in [7, 11) is 1.55. The predicted molar refractivity (Wildman–Crippen MR) is 70.7 cm³/mol. The molecule has 0 saturated carbocycles. The molecule has 1 rings (SSSR count). The first kappa shape index (κ1) is 14.5. The molecule has 0 fully saturated rings. The standard InChI is InChI=1S/C12H14BrClO3/c1-8(15)3-4-10-11(13)5-9(6-12(10)14)17-7-16-2/h5-6H,3-4,7H2,1-2H3. The molecule has 17 heavy (non-hydrogen) atoms. The van der Waals surface area contributed by atoms with E-state index in [0.717, 1.165) is 10.0 Å². The van der Waals surface area contributed by atoms with Gasteiger partial charge in [-0.05, 0) is 31.0 Å². The van der Waals surface area contributed by atoms with Gasteiger partial charge in [0.1, 0.15) is 11.5 Å². The molecular formula is C12H14BrClO3. The molecule has 0 aromatic heterocycles. The molecule has 0 atom stereocenters. The lowest BCUT2D eigenvalue weighted by molar-refractivity contribution is -0.116. The molecule has 0 aliphatic rings. The number of Topliss-reactive ketones (excluding diaryl/α,β-unsaturated/α-hetero) is 1. The van der Waals surface area contributed by atoms with Crippen LogP contribution in [0, 0.1) is 0 Å². The lowest BCUT2D eigenvalue weighted by atomic mass is 10.1. The van der Waals surface area contributed by atoms with E-state index in [4.69, 9.17) is 21.1 Å². The van der Waals surface area contributed by atoms with Crippen molar-refractivity contribution in [3.63, 3.8) is 0 Å². The Labute approximate surface area is 114 Å². The number of halogens is 2. The fourth-order valence-corrected chi connectivity index (χ4v) is 2.39. The maximum Gasteiger partial charge on any atom is 0.188 e. The van der Waals surface area contributed by atoms with Crippen molar-refractivity contribution >= 4 is 33.3 Å². The van der Waals surface area contributed by atoms with E-state index < -0.39 is 0 Å². The highest BCUT2D eigenvalue weighted by atomic mass is 79.9. The number of ether oxygens (including phenoxy) is 2. The summed E-state index contributed by atoms with van der Waals surface area (Å²) in [4.78, 5) is 10.9. The van der Waals surface area contributed by atoms with Crippen LogP contribution < -0.4 is 4.74 Å². The Bertz CT molecular complexity index is 384. The van der Waals surface area contributed by atoms with Crippen LogP contribution in [0.25, 0.3) is 0 Å². The molecule has 3 nitrogen and oxygen atoms in total. The van der Waals surface area contributed by atoms with Gasteiger partial charge in [-0.15, -0.1) is 0 Å². The van der Waals surface area contributed by atoms with Gasteiger partial charge >= 0.3 is 0 Å². The minimum atomic E-state index is 0.146. The zero-order valence-electron chi connectivity index (χ0n) is 9.76. The summed E-state index contributed by atoms with van der Waals surface area (Å²) in [6, 6.07) is 3.54. The summed E-state index contributed by atoms with van der Waals surface area (Å²) < 4.78 is 10.9. The quantitative estimate of drug-likeness (QED) is 0.751. The van der Waals surface area contributed by atoms with Crippen LogP contribution in [0.4, 0.5) is 0 Å². The number of carbonyl (C=O) groups is 1. The molecule has 0 bridgehead atoms. The van der Waals surface area contributed by atoms with Crippen LogP contribution in [0.1, 0.15) is 18.9 Å². The summed E-state index contributed by atoms with van der Waals surface area (Å²) >= 11 is 9.56. The molecule has 0 spiro atoms. The zero-order chi connectivity index (χ0) is 12.8. The van der Waals surface area contributed by atoms with Gasteiger partial charge in [0.05, 0.1) is 0 Å². The van der Waals surface area contributed by atoms with E-state index in [9.17, 15) is 4.79 Å². The molecule has 0 unspecified atom stereocenters. The van der Waals surface area contributed by atoms with Crippen molar-refractivity contribution in [3.05, 3.63) is 27.2 Å². The number of ketones is 1. The van der Waals surface area contributed by atoms with Crippen molar-refractivity contribution in [2.24, 2.45) is 0 Å². The minimum absolute atomic E-state index is 0.146. The summed E-state index contributed by atoms with van der Waals surface area (Å²) in [5.74, 6) is 0.781. The van der Waals surface area contributed by atoms with E-state index in [1.807, 2.05) is 6.07 Å². The van der Waals surface area contributed by atoms with Gasteiger partial charge < -0.3 is 14.3 Å². The van der Waals surface area contributed by atoms with Crippen molar-refractivity contribution in [2.45, 2.75) is 19.8 Å². The van der Waals surface area contributed by atoms with Crippen LogP contribution in [0.2, 0.25) is 5.02 Å². The largest absolute Gasteiger partial charge is 0.467 e. The van der Waals surface area contributed by atoms with E-state index in [-0.39, 0.29) is 12.6 Å². The molecule has 0 saturated heterocycles. The minimum Gasteiger partial charge on any atom is -0.467 e. The lowest BCUT2D eigenvalue weighted by Crippen LogP contribution is -2.00. The first-order valence-electron chi connectivity index (χ1n) is 5.13. The Hall–Kier alpha value is -0.580. The molecule has 0 aliphatic heterocycles. The number of hydrogen-bond donors (Lipinski definition) is 0. The number of rotatable bonds is 6. The third-order valence-electron chi connectivity index (χ3n) is 2.19. The van der Waals surface area contributed by atoms with Gasteiger partial charge in [-0.2, -0.15) is 0 Å². The van der Waals surface area contributed by atoms with Crippen LogP contribution in [-0.2, 0) is 16.0 Å². The van der Waals surface area contributed by atoms with E-state index in [2.05, 4.69) is 15.9 Å². The van der Waals surface area contributed by atoms with Crippen LogP contribution in [0.5, 0.6) is 5.75 Å². The second-order valence-electron chi connectivity index (χ2n) is 3.62. The fourth-order valence-electron chi connectivity index (χ4n) is 1.33. The molecule has 0 aliphatic carbocycles. The van der Waals surface area contributed by atoms with Gasteiger partial charge in [-0.1, -0.05) is 27.5 Å². The Morgan fingerprint density at radius 3 is 2.71 bits per heavy atom. The predicted octanol–water partition coefficient (Wildman–Crippen LogP) is 3.61. The van der Waals surface area contributed by atoms with E-state index >= 15 is 0 Å². The van der Waals surface area contributed by atoms with Gasteiger partial charge in [-0.25, -0.2) is 0 Å². The molecule has 0 heterocycles. The van der Waals surface area contributed by atoms with Crippen molar-refractivity contribution < 1.29 is 14.3 Å². The maximum atomic E-state index is 10.9. The van der Waals surface area contributed by atoms with Crippen molar-refractivity contribution in [2.75, 3.05) is 13.9 Å². The molecule has 1 aromatic rings. The molecule has 0 N–H and O–H groups in total. The second kappa shape index (κ2) is 6.99. The third-order valence-corrected chi connectivity index (χ3v) is 3.23. The highest BCUT2D eigenvalue weighted by Gasteiger charge is 2.09. The summed E-state index contributed by atoms with van der Waals surface area (Å²) in [6.07, 6.45) is 1.11. The first-order valence-corrected chi connectivity index (χ1v) is 6.30. The Kier molecular flexibility index (Phi) is 5.95. The normalized spacial score (nSPS) is 10.4. The van der Waals surface area contributed by atoms with E-state index in [1.54, 1.807) is 20.1 Å². The third kappa shape index (κ3) is 4.66. The topological polar surface area (TPSA) is 35.5 Å². The molecule has 1 aromatic carbocycles. The Morgan fingerprint density at radius 2 is 2.18 bits per heavy atom. The highest BCUT2D eigenvalue weighted by molar-refractivity contribution is 9.10. The molecule has 0 radical (unpaired) electrons. The zero-order valence-corrected chi connectivity index (χ0v) is 12.1. The number of hydrogen-bond acceptors (Lipinski definition) is 3. The second-order valence-corrected chi connectivity index (χ2v) is 4.88.